The molecule has 0 bridgehead atoms. The van der Waals surface area contributed by atoms with E-state index in [9.17, 15) is 4.79 Å². The van der Waals surface area contributed by atoms with Crippen LogP contribution >= 0.6 is 0 Å². The lowest BCUT2D eigenvalue weighted by molar-refractivity contribution is 0.0638. The maximum absolute atomic E-state index is 12.9. The molecule has 23 heavy (non-hydrogen) atoms. The molecule has 2 rings (SSSR count). The number of pyridine rings is 1. The van der Waals surface area contributed by atoms with Gasteiger partial charge in [-0.15, -0.1) is 0 Å². The summed E-state index contributed by atoms with van der Waals surface area (Å²) < 4.78 is 0. The molecule has 0 aliphatic carbocycles. The summed E-state index contributed by atoms with van der Waals surface area (Å²) in [6.45, 7) is 10.9. The van der Waals surface area contributed by atoms with Crippen molar-refractivity contribution in [3.63, 3.8) is 0 Å². The Bertz CT molecular complexity index is 538. The largest absolute Gasteiger partial charge is 0.384 e. The first kappa shape index (κ1) is 17.5. The van der Waals surface area contributed by atoms with Gasteiger partial charge >= 0.3 is 0 Å². The molecule has 2 N–H and O–H groups in total. The molecule has 0 unspecified atom stereocenters. The SMILES string of the molecule is CCCN1CCN(C(=O)c2ccc(N)nc2N(C)C(C)C)CC1. The molecule has 1 aliphatic heterocycles. The second kappa shape index (κ2) is 7.64. The molecule has 6 heteroatoms. The monoisotopic (exact) mass is 319 g/mol. The van der Waals surface area contributed by atoms with Crippen molar-refractivity contribution in [2.24, 2.45) is 0 Å². The highest BCUT2D eigenvalue weighted by Crippen LogP contribution is 2.22. The van der Waals surface area contributed by atoms with Crippen LogP contribution in [0.15, 0.2) is 12.1 Å². The molecular formula is C17H29N5O. The highest BCUT2D eigenvalue weighted by atomic mass is 16.2. The lowest BCUT2D eigenvalue weighted by Gasteiger charge is -2.35. The van der Waals surface area contributed by atoms with Gasteiger partial charge in [-0.3, -0.25) is 9.69 Å². The van der Waals surface area contributed by atoms with E-state index in [0.717, 1.165) is 39.1 Å². The van der Waals surface area contributed by atoms with Gasteiger partial charge in [-0.1, -0.05) is 6.92 Å². The van der Waals surface area contributed by atoms with E-state index >= 15 is 0 Å². The molecule has 0 spiro atoms. The van der Waals surface area contributed by atoms with Gasteiger partial charge in [-0.05, 0) is 38.9 Å². The Kier molecular flexibility index (Phi) is 5.82. The molecule has 0 atom stereocenters. The summed E-state index contributed by atoms with van der Waals surface area (Å²) in [4.78, 5) is 23.7. The minimum absolute atomic E-state index is 0.0520. The average molecular weight is 319 g/mol. The number of carbonyl (C=O) groups excluding carboxylic acids is 1. The molecule has 0 aromatic carbocycles. The van der Waals surface area contributed by atoms with E-state index in [-0.39, 0.29) is 11.9 Å². The van der Waals surface area contributed by atoms with Gasteiger partial charge in [-0.25, -0.2) is 4.98 Å². The molecule has 1 aromatic rings. The van der Waals surface area contributed by atoms with E-state index in [2.05, 4.69) is 30.7 Å². The van der Waals surface area contributed by atoms with Crippen LogP contribution in [0.25, 0.3) is 0 Å². The molecule has 0 saturated carbocycles. The maximum atomic E-state index is 12.9. The quantitative estimate of drug-likeness (QED) is 0.894. The zero-order valence-corrected chi connectivity index (χ0v) is 14.7. The Morgan fingerprint density at radius 1 is 1.30 bits per heavy atom. The molecule has 1 aromatic heterocycles. The summed E-state index contributed by atoms with van der Waals surface area (Å²) in [5.74, 6) is 1.16. The second-order valence-electron chi connectivity index (χ2n) is 6.45. The Hall–Kier alpha value is -1.82. The topological polar surface area (TPSA) is 65.7 Å². The van der Waals surface area contributed by atoms with E-state index < -0.39 is 0 Å². The Labute approximate surface area is 139 Å². The van der Waals surface area contributed by atoms with Gasteiger partial charge in [0.05, 0.1) is 5.56 Å². The van der Waals surface area contributed by atoms with Gasteiger partial charge in [0.25, 0.3) is 5.91 Å². The van der Waals surface area contributed by atoms with Crippen LogP contribution in [0.5, 0.6) is 0 Å². The van der Waals surface area contributed by atoms with Crippen molar-refractivity contribution >= 4 is 17.5 Å². The Morgan fingerprint density at radius 2 is 1.96 bits per heavy atom. The van der Waals surface area contributed by atoms with Crippen LogP contribution in [0, 0.1) is 0 Å². The third-order valence-corrected chi connectivity index (χ3v) is 4.44. The first-order valence-corrected chi connectivity index (χ1v) is 8.45. The number of hydrogen-bond donors (Lipinski definition) is 1. The van der Waals surface area contributed by atoms with Crippen LogP contribution in [0.4, 0.5) is 11.6 Å². The molecule has 1 fully saturated rings. The highest BCUT2D eigenvalue weighted by Gasteiger charge is 2.25. The fraction of sp³-hybridized carbons (Fsp3) is 0.647. The van der Waals surface area contributed by atoms with Gasteiger partial charge < -0.3 is 15.5 Å². The van der Waals surface area contributed by atoms with Crippen molar-refractivity contribution in [3.05, 3.63) is 17.7 Å². The number of nitrogen functional groups attached to an aromatic ring is 1. The molecule has 1 amide bonds. The van der Waals surface area contributed by atoms with Crippen molar-refractivity contribution < 1.29 is 4.79 Å². The molecule has 1 saturated heterocycles. The van der Waals surface area contributed by atoms with Crippen molar-refractivity contribution in [3.8, 4) is 0 Å². The predicted octanol–water partition coefficient (Wildman–Crippen LogP) is 1.68. The smallest absolute Gasteiger partial charge is 0.257 e. The number of nitrogens with zero attached hydrogens (tertiary/aromatic N) is 4. The average Bonchev–Trinajstić information content (AvgIpc) is 2.54. The molecule has 6 nitrogen and oxygen atoms in total. The Balaban J connectivity index is 2.17. The number of aromatic nitrogens is 1. The fourth-order valence-corrected chi connectivity index (χ4v) is 2.80. The summed E-state index contributed by atoms with van der Waals surface area (Å²) >= 11 is 0. The van der Waals surface area contributed by atoms with Crippen LogP contribution in [-0.4, -0.2) is 66.5 Å². The first-order chi connectivity index (χ1) is 10.9. The Morgan fingerprint density at radius 3 is 2.52 bits per heavy atom. The normalized spacial score (nSPS) is 16.0. The number of piperazine rings is 1. The van der Waals surface area contributed by atoms with Crippen molar-refractivity contribution in [1.82, 2.24) is 14.8 Å². The summed E-state index contributed by atoms with van der Waals surface area (Å²) in [6, 6.07) is 3.76. The van der Waals surface area contributed by atoms with Crippen molar-refractivity contribution in [2.75, 3.05) is 50.4 Å². The number of carbonyl (C=O) groups is 1. The summed E-state index contributed by atoms with van der Waals surface area (Å²) in [5, 5.41) is 0. The number of amides is 1. The van der Waals surface area contributed by atoms with E-state index in [1.165, 1.54) is 0 Å². The molecule has 128 valence electrons. The number of nitrogens with two attached hydrogens (primary N) is 1. The van der Waals surface area contributed by atoms with Crippen LogP contribution in [0.3, 0.4) is 0 Å². The van der Waals surface area contributed by atoms with Gasteiger partial charge in [0.2, 0.25) is 0 Å². The second-order valence-corrected chi connectivity index (χ2v) is 6.45. The lowest BCUT2D eigenvalue weighted by atomic mass is 10.1. The summed E-state index contributed by atoms with van der Waals surface area (Å²) in [7, 11) is 1.95. The zero-order valence-electron chi connectivity index (χ0n) is 14.7. The minimum Gasteiger partial charge on any atom is -0.384 e. The number of hydrogen-bond acceptors (Lipinski definition) is 5. The fourth-order valence-electron chi connectivity index (χ4n) is 2.80. The van der Waals surface area contributed by atoms with Crippen LogP contribution in [-0.2, 0) is 0 Å². The third kappa shape index (κ3) is 4.13. The van der Waals surface area contributed by atoms with Gasteiger partial charge in [-0.2, -0.15) is 0 Å². The van der Waals surface area contributed by atoms with E-state index in [0.29, 0.717) is 17.2 Å². The van der Waals surface area contributed by atoms with Crippen LogP contribution in [0.2, 0.25) is 0 Å². The predicted molar refractivity (Wildman–Crippen MR) is 94.8 cm³/mol. The molecule has 0 radical (unpaired) electrons. The molecule has 2 heterocycles. The molecular weight excluding hydrogens is 290 g/mol. The zero-order chi connectivity index (χ0) is 17.0. The van der Waals surface area contributed by atoms with E-state index in [4.69, 9.17) is 5.73 Å². The van der Waals surface area contributed by atoms with Crippen LogP contribution in [0.1, 0.15) is 37.6 Å². The van der Waals surface area contributed by atoms with Gasteiger partial charge in [0.15, 0.2) is 0 Å². The number of rotatable bonds is 5. The third-order valence-electron chi connectivity index (χ3n) is 4.44. The number of anilines is 2. The van der Waals surface area contributed by atoms with Gasteiger partial charge in [0, 0.05) is 39.3 Å². The lowest BCUT2D eigenvalue weighted by Crippen LogP contribution is -2.49. The first-order valence-electron chi connectivity index (χ1n) is 8.45. The van der Waals surface area contributed by atoms with Crippen LogP contribution < -0.4 is 10.6 Å². The highest BCUT2D eigenvalue weighted by molar-refractivity contribution is 5.99. The van der Waals surface area contributed by atoms with Gasteiger partial charge in [0.1, 0.15) is 11.6 Å². The van der Waals surface area contributed by atoms with E-state index in [1.54, 1.807) is 12.1 Å². The van der Waals surface area contributed by atoms with Crippen molar-refractivity contribution in [2.45, 2.75) is 33.2 Å². The maximum Gasteiger partial charge on any atom is 0.257 e. The van der Waals surface area contributed by atoms with E-state index in [1.807, 2.05) is 16.8 Å². The standard InChI is InChI=1S/C17H29N5O/c1-5-8-21-9-11-22(12-10-21)17(23)14-6-7-15(18)19-16(14)20(4)13(2)3/h6-7,13H,5,8-12H2,1-4H3,(H2,18,19). The minimum atomic E-state index is 0.0520. The molecule has 1 aliphatic rings. The summed E-state index contributed by atoms with van der Waals surface area (Å²) in [5.41, 5.74) is 6.46. The summed E-state index contributed by atoms with van der Waals surface area (Å²) in [6.07, 6.45) is 1.15. The van der Waals surface area contributed by atoms with Crippen molar-refractivity contribution in [1.29, 1.82) is 0 Å².